The van der Waals surface area contributed by atoms with Crippen molar-refractivity contribution in [3.63, 3.8) is 0 Å². The molecule has 0 spiro atoms. The first kappa shape index (κ1) is 8.85. The van der Waals surface area contributed by atoms with Gasteiger partial charge in [-0.1, -0.05) is 37.3 Å². The molecule has 0 aromatic heterocycles. The van der Waals surface area contributed by atoms with E-state index in [4.69, 9.17) is 4.74 Å². The molecule has 0 N–H and O–H groups in total. The second kappa shape index (κ2) is 4.60. The van der Waals surface area contributed by atoms with Crippen molar-refractivity contribution >= 4 is 5.76 Å². The minimum atomic E-state index is 0.957. The van der Waals surface area contributed by atoms with Gasteiger partial charge in [0.05, 0.1) is 7.11 Å². The average molecular weight is 162 g/mol. The highest BCUT2D eigenvalue weighted by molar-refractivity contribution is 5.59. The Kier molecular flexibility index (Phi) is 3.39. The van der Waals surface area contributed by atoms with E-state index in [1.165, 1.54) is 0 Å². The fourth-order valence-corrected chi connectivity index (χ4v) is 1.11. The first-order valence-corrected chi connectivity index (χ1v) is 4.18. The molecule has 0 radical (unpaired) electrons. The Balaban J connectivity index is 2.88. The lowest BCUT2D eigenvalue weighted by Gasteiger charge is -2.04. The summed E-state index contributed by atoms with van der Waals surface area (Å²) in [5.41, 5.74) is 1.14. The third kappa shape index (κ3) is 2.12. The maximum atomic E-state index is 5.24. The zero-order valence-corrected chi connectivity index (χ0v) is 7.58. The molecule has 64 valence electrons. The van der Waals surface area contributed by atoms with Crippen molar-refractivity contribution in [2.24, 2.45) is 0 Å². The van der Waals surface area contributed by atoms with Gasteiger partial charge in [0.2, 0.25) is 0 Å². The van der Waals surface area contributed by atoms with Crippen LogP contribution in [-0.2, 0) is 4.74 Å². The van der Waals surface area contributed by atoms with Crippen molar-refractivity contribution in [3.05, 3.63) is 42.0 Å². The molecule has 0 aliphatic heterocycles. The SMILES string of the molecule is CCC=C(OC)c1ccccc1. The Hall–Kier alpha value is -1.24. The van der Waals surface area contributed by atoms with E-state index in [2.05, 4.69) is 13.0 Å². The third-order valence-electron chi connectivity index (χ3n) is 1.67. The molecule has 0 aliphatic rings. The lowest BCUT2D eigenvalue weighted by molar-refractivity contribution is 0.369. The molecule has 0 bridgehead atoms. The van der Waals surface area contributed by atoms with E-state index in [1.54, 1.807) is 7.11 Å². The lowest BCUT2D eigenvalue weighted by Crippen LogP contribution is -1.85. The van der Waals surface area contributed by atoms with E-state index in [9.17, 15) is 0 Å². The zero-order chi connectivity index (χ0) is 8.81. The van der Waals surface area contributed by atoms with Gasteiger partial charge in [-0.05, 0) is 12.5 Å². The fraction of sp³-hybridized carbons (Fsp3) is 0.273. The van der Waals surface area contributed by atoms with Crippen LogP contribution in [0.5, 0.6) is 0 Å². The maximum absolute atomic E-state index is 5.24. The highest BCUT2D eigenvalue weighted by Gasteiger charge is 1.96. The quantitative estimate of drug-likeness (QED) is 0.620. The molecule has 1 nitrogen and oxygen atoms in total. The largest absolute Gasteiger partial charge is 0.496 e. The summed E-state index contributed by atoms with van der Waals surface area (Å²) < 4.78 is 5.24. The van der Waals surface area contributed by atoms with Gasteiger partial charge in [0.1, 0.15) is 5.76 Å². The van der Waals surface area contributed by atoms with Gasteiger partial charge in [0.15, 0.2) is 0 Å². The lowest BCUT2D eigenvalue weighted by atomic mass is 10.2. The summed E-state index contributed by atoms with van der Waals surface area (Å²) in [4.78, 5) is 0. The minimum absolute atomic E-state index is 0.957. The predicted octanol–water partition coefficient (Wildman–Crippen LogP) is 3.08. The van der Waals surface area contributed by atoms with Gasteiger partial charge in [-0.3, -0.25) is 0 Å². The van der Waals surface area contributed by atoms with E-state index < -0.39 is 0 Å². The van der Waals surface area contributed by atoms with E-state index in [0.29, 0.717) is 0 Å². The summed E-state index contributed by atoms with van der Waals surface area (Å²) in [6.07, 6.45) is 3.08. The van der Waals surface area contributed by atoms with Crippen molar-refractivity contribution in [1.29, 1.82) is 0 Å². The molecule has 0 aliphatic carbocycles. The molecule has 1 rings (SSSR count). The zero-order valence-electron chi connectivity index (χ0n) is 7.58. The summed E-state index contributed by atoms with van der Waals surface area (Å²) >= 11 is 0. The normalized spacial score (nSPS) is 11.3. The monoisotopic (exact) mass is 162 g/mol. The number of rotatable bonds is 3. The van der Waals surface area contributed by atoms with Gasteiger partial charge >= 0.3 is 0 Å². The summed E-state index contributed by atoms with van der Waals surface area (Å²) in [7, 11) is 1.70. The smallest absolute Gasteiger partial charge is 0.122 e. The van der Waals surface area contributed by atoms with Crippen LogP contribution in [0.2, 0.25) is 0 Å². The van der Waals surface area contributed by atoms with E-state index in [0.717, 1.165) is 17.7 Å². The second-order valence-corrected chi connectivity index (χ2v) is 2.55. The Labute approximate surface area is 73.7 Å². The topological polar surface area (TPSA) is 9.23 Å². The number of ether oxygens (including phenoxy) is 1. The van der Waals surface area contributed by atoms with Crippen LogP contribution >= 0.6 is 0 Å². The minimum Gasteiger partial charge on any atom is -0.496 e. The Bertz CT molecular complexity index is 249. The van der Waals surface area contributed by atoms with Crippen molar-refractivity contribution in [2.45, 2.75) is 13.3 Å². The highest BCUT2D eigenvalue weighted by Crippen LogP contribution is 2.14. The molecule has 1 aromatic carbocycles. The van der Waals surface area contributed by atoms with Gasteiger partial charge in [0.25, 0.3) is 0 Å². The van der Waals surface area contributed by atoms with E-state index in [1.807, 2.05) is 30.3 Å². The van der Waals surface area contributed by atoms with Gasteiger partial charge in [-0.25, -0.2) is 0 Å². The Morgan fingerprint density at radius 1 is 1.33 bits per heavy atom. The van der Waals surface area contributed by atoms with Crippen LogP contribution in [0, 0.1) is 0 Å². The molecule has 0 atom stereocenters. The van der Waals surface area contributed by atoms with Crippen LogP contribution in [0.1, 0.15) is 18.9 Å². The van der Waals surface area contributed by atoms with Crippen LogP contribution in [-0.4, -0.2) is 7.11 Å². The Morgan fingerprint density at radius 3 is 2.50 bits per heavy atom. The molecule has 0 fully saturated rings. The van der Waals surface area contributed by atoms with Gasteiger partial charge < -0.3 is 4.74 Å². The molecule has 1 aromatic rings. The molecule has 12 heavy (non-hydrogen) atoms. The van der Waals surface area contributed by atoms with Gasteiger partial charge in [-0.15, -0.1) is 0 Å². The number of allylic oxidation sites excluding steroid dienone is 1. The van der Waals surface area contributed by atoms with Gasteiger partial charge in [0, 0.05) is 5.56 Å². The Morgan fingerprint density at radius 2 is 2.00 bits per heavy atom. The maximum Gasteiger partial charge on any atom is 0.122 e. The van der Waals surface area contributed by atoms with Crippen molar-refractivity contribution in [3.8, 4) is 0 Å². The molecule has 0 saturated heterocycles. The second-order valence-electron chi connectivity index (χ2n) is 2.55. The molecule has 0 heterocycles. The standard InChI is InChI=1S/C11H14O/c1-3-7-11(12-2)10-8-5-4-6-9-10/h4-9H,3H2,1-2H3. The predicted molar refractivity (Wildman–Crippen MR) is 51.7 cm³/mol. The molecule has 0 amide bonds. The van der Waals surface area contributed by atoms with Crippen LogP contribution in [0.25, 0.3) is 5.76 Å². The average Bonchev–Trinajstić information content (AvgIpc) is 2.15. The van der Waals surface area contributed by atoms with E-state index in [-0.39, 0.29) is 0 Å². The molecular weight excluding hydrogens is 148 g/mol. The summed E-state index contributed by atoms with van der Waals surface area (Å²) in [5.74, 6) is 0.957. The summed E-state index contributed by atoms with van der Waals surface area (Å²) in [6, 6.07) is 10.1. The summed E-state index contributed by atoms with van der Waals surface area (Å²) in [6.45, 7) is 2.10. The first-order valence-electron chi connectivity index (χ1n) is 4.18. The molecule has 0 saturated carbocycles. The van der Waals surface area contributed by atoms with Crippen LogP contribution in [0.15, 0.2) is 36.4 Å². The van der Waals surface area contributed by atoms with Crippen LogP contribution in [0.3, 0.4) is 0 Å². The fourth-order valence-electron chi connectivity index (χ4n) is 1.11. The molecule has 0 unspecified atom stereocenters. The third-order valence-corrected chi connectivity index (χ3v) is 1.67. The number of hydrogen-bond acceptors (Lipinski definition) is 1. The van der Waals surface area contributed by atoms with Crippen molar-refractivity contribution in [1.82, 2.24) is 0 Å². The summed E-state index contributed by atoms with van der Waals surface area (Å²) in [5, 5.41) is 0. The number of hydrogen-bond donors (Lipinski definition) is 0. The first-order chi connectivity index (χ1) is 5.88. The number of methoxy groups -OCH3 is 1. The van der Waals surface area contributed by atoms with Crippen molar-refractivity contribution in [2.75, 3.05) is 7.11 Å². The molecular formula is C11H14O. The van der Waals surface area contributed by atoms with Gasteiger partial charge in [-0.2, -0.15) is 0 Å². The van der Waals surface area contributed by atoms with Crippen LogP contribution in [0.4, 0.5) is 0 Å². The van der Waals surface area contributed by atoms with E-state index >= 15 is 0 Å². The molecule has 1 heteroatoms. The van der Waals surface area contributed by atoms with Crippen molar-refractivity contribution < 1.29 is 4.74 Å². The van der Waals surface area contributed by atoms with Crippen LogP contribution < -0.4 is 0 Å². The number of benzene rings is 1. The highest BCUT2D eigenvalue weighted by atomic mass is 16.5.